The summed E-state index contributed by atoms with van der Waals surface area (Å²) in [6.07, 6.45) is 8.28. The van der Waals surface area contributed by atoms with Crippen molar-refractivity contribution < 1.29 is 48.2 Å². The Labute approximate surface area is 465 Å². The molecule has 0 saturated heterocycles. The fourth-order valence-corrected chi connectivity index (χ4v) is 10.1. The van der Waals surface area contributed by atoms with Crippen molar-refractivity contribution in [1.29, 1.82) is 5.26 Å². The first kappa shape index (κ1) is 56.9. The average Bonchev–Trinajstić information content (AvgIpc) is 4.11. The van der Waals surface area contributed by atoms with Crippen molar-refractivity contribution in [3.05, 3.63) is 169 Å². The molecule has 2 aliphatic rings. The number of benzene rings is 4. The number of ether oxygens (including phenoxy) is 6. The number of carbonyl (C=O) groups excluding carboxylic acids is 2. The number of halogens is 2. The summed E-state index contributed by atoms with van der Waals surface area (Å²) in [7, 11) is 0. The molecule has 0 bridgehead atoms. The Hall–Kier alpha value is -7.24. The maximum Gasteiger partial charge on any atom is 0.328 e. The first-order chi connectivity index (χ1) is 37.4. The van der Waals surface area contributed by atoms with Crippen LogP contribution >= 0.6 is 23.2 Å². The molecule has 4 aromatic carbocycles. The van der Waals surface area contributed by atoms with Gasteiger partial charge in [-0.1, -0.05) is 59.6 Å². The molecule has 0 aliphatic heterocycles. The van der Waals surface area contributed by atoms with Crippen LogP contribution in [0, 0.1) is 23.3 Å². The number of hydrogen-bond donors (Lipinski definition) is 3. The molecule has 17 heteroatoms. The van der Waals surface area contributed by atoms with Crippen molar-refractivity contribution in [2.45, 2.75) is 130 Å². The third-order valence-corrected chi connectivity index (χ3v) is 14.6. The minimum Gasteiger partial charge on any atom is -0.488 e. The quantitative estimate of drug-likeness (QED) is 0.0405. The molecule has 8 rings (SSSR count). The zero-order valence-electron chi connectivity index (χ0n) is 44.5. The zero-order chi connectivity index (χ0) is 55.7. The molecular weight excluding hydrogens is 1030 g/mol. The SMILES string of the molecule is [C-]#[N+]c1cncc(COc2cc(O[C@H]3CCc4c(-c5cccc6c5CC[C@@H]6Oc5cc(OCc6cncc(C#N)c6)c(CN[C@@](C)(CO)C(=O)OC(C)C)cc5Cl)cccc43)c(Cl)cc2CC[C@@](C)(CO)C(=O)OC(C)C)c1. The van der Waals surface area contributed by atoms with Crippen LogP contribution in [0.3, 0.4) is 0 Å². The lowest BCUT2D eigenvalue weighted by molar-refractivity contribution is -0.162. The number of nitriles is 1. The smallest absolute Gasteiger partial charge is 0.328 e. The highest BCUT2D eigenvalue weighted by Gasteiger charge is 2.37. The number of nitrogens with zero attached hydrogens (tertiary/aromatic N) is 4. The highest BCUT2D eigenvalue weighted by molar-refractivity contribution is 6.32. The van der Waals surface area contributed by atoms with E-state index in [1.165, 1.54) is 23.5 Å². The van der Waals surface area contributed by atoms with Crippen LogP contribution in [-0.2, 0) is 58.1 Å². The Balaban J connectivity index is 1.04. The Kier molecular flexibility index (Phi) is 18.3. The molecule has 0 amide bonds. The summed E-state index contributed by atoms with van der Waals surface area (Å²) >= 11 is 14.1. The van der Waals surface area contributed by atoms with Crippen molar-refractivity contribution in [2.75, 3.05) is 13.2 Å². The third-order valence-electron chi connectivity index (χ3n) is 14.0. The van der Waals surface area contributed by atoms with Crippen LogP contribution in [0.2, 0.25) is 10.0 Å². The molecule has 0 unspecified atom stereocenters. The summed E-state index contributed by atoms with van der Waals surface area (Å²) in [6.45, 7) is 17.1. The molecule has 2 aromatic heterocycles. The molecule has 0 radical (unpaired) electrons. The fourth-order valence-electron chi connectivity index (χ4n) is 9.63. The Morgan fingerprint density at radius 3 is 1.82 bits per heavy atom. The van der Waals surface area contributed by atoms with Crippen LogP contribution in [-0.4, -0.2) is 63.1 Å². The largest absolute Gasteiger partial charge is 0.488 e. The lowest BCUT2D eigenvalue weighted by Crippen LogP contribution is -2.53. The van der Waals surface area contributed by atoms with Crippen LogP contribution < -0.4 is 24.3 Å². The number of esters is 2. The molecule has 78 heavy (non-hydrogen) atoms. The molecular formula is C61H63Cl2N5O10. The topological polar surface area (TPSA) is 196 Å². The van der Waals surface area contributed by atoms with E-state index in [0.29, 0.717) is 85.8 Å². The Morgan fingerprint density at radius 2 is 1.28 bits per heavy atom. The molecule has 406 valence electrons. The predicted octanol–water partition coefficient (Wildman–Crippen LogP) is 11.8. The normalized spacial score (nSPS) is 16.0. The van der Waals surface area contributed by atoms with E-state index in [4.69, 9.17) is 58.2 Å². The van der Waals surface area contributed by atoms with Crippen molar-refractivity contribution in [3.8, 4) is 40.2 Å². The van der Waals surface area contributed by atoms with Crippen LogP contribution in [0.4, 0.5) is 5.69 Å². The van der Waals surface area contributed by atoms with Crippen LogP contribution in [0.1, 0.15) is 123 Å². The van der Waals surface area contributed by atoms with Gasteiger partial charge in [-0.25, -0.2) is 9.64 Å². The minimum atomic E-state index is -1.42. The first-order valence-corrected chi connectivity index (χ1v) is 26.7. The molecule has 0 saturated carbocycles. The predicted molar refractivity (Wildman–Crippen MR) is 295 cm³/mol. The highest BCUT2D eigenvalue weighted by atomic mass is 35.5. The monoisotopic (exact) mass is 1100 g/mol. The second-order valence-electron chi connectivity index (χ2n) is 20.7. The van der Waals surface area contributed by atoms with Gasteiger partial charge in [0.25, 0.3) is 0 Å². The average molecular weight is 1100 g/mol. The third kappa shape index (κ3) is 13.2. The number of aromatic nitrogens is 2. The van der Waals surface area contributed by atoms with Gasteiger partial charge in [-0.15, -0.1) is 0 Å². The number of pyridine rings is 2. The number of hydrogen-bond acceptors (Lipinski definition) is 14. The minimum absolute atomic E-state index is 0.0746. The second-order valence-corrected chi connectivity index (χ2v) is 21.5. The molecule has 0 spiro atoms. The van der Waals surface area contributed by atoms with E-state index < -0.39 is 36.1 Å². The summed E-state index contributed by atoms with van der Waals surface area (Å²) in [5, 5.41) is 34.0. The molecule has 4 atom stereocenters. The van der Waals surface area contributed by atoms with Gasteiger partial charge in [0.05, 0.1) is 53.0 Å². The summed E-state index contributed by atoms with van der Waals surface area (Å²) in [5.41, 5.74) is 7.49. The number of aliphatic hydroxyl groups is 2. The van der Waals surface area contributed by atoms with E-state index in [0.717, 1.165) is 35.1 Å². The van der Waals surface area contributed by atoms with Crippen LogP contribution in [0.15, 0.2) is 97.6 Å². The van der Waals surface area contributed by atoms with Crippen molar-refractivity contribution in [1.82, 2.24) is 15.3 Å². The summed E-state index contributed by atoms with van der Waals surface area (Å²) in [6, 6.07) is 25.1. The molecule has 6 aromatic rings. The number of aliphatic hydroxyl groups excluding tert-OH is 2. The highest BCUT2D eigenvalue weighted by Crippen LogP contribution is 2.47. The van der Waals surface area contributed by atoms with E-state index in [1.807, 2.05) is 12.1 Å². The lowest BCUT2D eigenvalue weighted by Gasteiger charge is -2.28. The Morgan fingerprint density at radius 1 is 0.744 bits per heavy atom. The number of nitrogens with one attached hydrogen (secondary N) is 1. The first-order valence-electron chi connectivity index (χ1n) is 26.0. The summed E-state index contributed by atoms with van der Waals surface area (Å²) < 4.78 is 37.3. The van der Waals surface area contributed by atoms with Crippen molar-refractivity contribution >= 4 is 40.8 Å². The maximum absolute atomic E-state index is 13.1. The second kappa shape index (κ2) is 25.0. The van der Waals surface area contributed by atoms with E-state index in [9.17, 15) is 25.1 Å². The number of aryl methyl sites for hydroxylation is 1. The zero-order valence-corrected chi connectivity index (χ0v) is 46.0. The molecule has 0 fully saturated rings. The maximum atomic E-state index is 13.1. The van der Waals surface area contributed by atoms with Gasteiger partial charge < -0.3 is 38.6 Å². The molecule has 2 heterocycles. The van der Waals surface area contributed by atoms with Crippen LogP contribution in [0.25, 0.3) is 16.0 Å². The van der Waals surface area contributed by atoms with E-state index >= 15 is 0 Å². The molecule has 3 N–H and O–H groups in total. The van der Waals surface area contributed by atoms with Gasteiger partial charge in [-0.05, 0) is 149 Å². The van der Waals surface area contributed by atoms with Crippen molar-refractivity contribution in [3.63, 3.8) is 0 Å². The van der Waals surface area contributed by atoms with E-state index in [2.05, 4.69) is 50.5 Å². The summed E-state index contributed by atoms with van der Waals surface area (Å²) in [5.74, 6) is 0.622. The number of fused-ring (bicyclic) bond motifs is 2. The summed E-state index contributed by atoms with van der Waals surface area (Å²) in [4.78, 5) is 38.0. The fraction of sp³-hybridized carbons (Fsp3) is 0.377. The van der Waals surface area contributed by atoms with Crippen LogP contribution in [0.5, 0.6) is 23.0 Å². The van der Waals surface area contributed by atoms with Gasteiger partial charge in [0, 0.05) is 54.6 Å². The lowest BCUT2D eigenvalue weighted by atomic mass is 9.84. The van der Waals surface area contributed by atoms with Crippen molar-refractivity contribution in [2.24, 2.45) is 5.41 Å². The number of carbonyl (C=O) groups is 2. The molecule has 15 nitrogen and oxygen atoms in total. The number of rotatable bonds is 23. The van der Waals surface area contributed by atoms with Gasteiger partial charge in [0.15, 0.2) is 0 Å². The van der Waals surface area contributed by atoms with Gasteiger partial charge in [-0.2, -0.15) is 5.26 Å². The van der Waals surface area contributed by atoms with Gasteiger partial charge in [-0.3, -0.25) is 20.1 Å². The standard InChI is InChI=1S/C61H63Cl2N5O10/c1-36(2)75-58(71)60(5,34-69)19-18-41-22-50(62)56(24-54(41)73-33-40-21-43(65-7)31-67-29-40)77-52-16-14-46-44(10-8-12-48(46)52)45-11-9-13-49-47(45)15-17-53(49)78-57-25-55(74-32-39-20-38(26-64)27-66-28-39)42(23-51(57)63)30-68-61(6,35-70)59(72)76-37(3)4/h8-13,20-25,27-29,31,36-37,52-53,68-70H,14-19,30,32-35H2,1-6H3/t52-,53-,60-,61-/m0/s1. The van der Waals surface area contributed by atoms with E-state index in [-0.39, 0.29) is 50.6 Å². The van der Waals surface area contributed by atoms with Gasteiger partial charge in [0.1, 0.15) is 60.0 Å². The van der Waals surface area contributed by atoms with Gasteiger partial charge in [0.2, 0.25) is 5.69 Å². The Bertz CT molecular complexity index is 3050. The molecule has 2 aliphatic carbocycles. The van der Waals surface area contributed by atoms with Gasteiger partial charge >= 0.3 is 11.9 Å². The van der Waals surface area contributed by atoms with E-state index in [1.54, 1.807) is 90.3 Å².